The van der Waals surface area contributed by atoms with E-state index < -0.39 is 67.3 Å². The molecule has 0 bridgehead atoms. The van der Waals surface area contributed by atoms with Crippen molar-refractivity contribution in [2.24, 2.45) is 0 Å². The van der Waals surface area contributed by atoms with Gasteiger partial charge in [0.05, 0.1) is 6.61 Å². The second kappa shape index (κ2) is 49.1. The van der Waals surface area contributed by atoms with Crippen LogP contribution in [0.3, 0.4) is 0 Å². The number of carbonyl (C=O) groups is 4. The Morgan fingerprint density at radius 3 is 1.29 bits per heavy atom. The number of hydrogen-bond acceptors (Lipinski definition) is 11. The lowest BCUT2D eigenvalue weighted by Gasteiger charge is -2.40. The van der Waals surface area contributed by atoms with E-state index in [9.17, 15) is 34.5 Å². The van der Waals surface area contributed by atoms with Gasteiger partial charge >= 0.3 is 23.9 Å². The predicted octanol–water partition coefficient (Wildman–Crippen LogP) is 14.6. The first-order valence-corrected chi connectivity index (χ1v) is 28.9. The van der Waals surface area contributed by atoms with Gasteiger partial charge in [0.15, 0.2) is 24.6 Å². The van der Waals surface area contributed by atoms with E-state index in [0.717, 1.165) is 141 Å². The molecule has 0 aromatic rings. The van der Waals surface area contributed by atoms with Crippen molar-refractivity contribution in [3.05, 3.63) is 72.9 Å². The van der Waals surface area contributed by atoms with Crippen LogP contribution in [0.25, 0.3) is 0 Å². The Labute approximate surface area is 442 Å². The summed E-state index contributed by atoms with van der Waals surface area (Å²) in [5.74, 6) is -3.17. The van der Waals surface area contributed by atoms with Crippen molar-refractivity contribution < 1.29 is 58.2 Å². The van der Waals surface area contributed by atoms with Gasteiger partial charge in [0, 0.05) is 19.3 Å². The highest BCUT2D eigenvalue weighted by Crippen LogP contribution is 2.26. The molecule has 418 valence electrons. The van der Waals surface area contributed by atoms with Gasteiger partial charge in [-0.15, -0.1) is 0 Å². The molecule has 0 aliphatic carbocycles. The minimum absolute atomic E-state index is 0.0391. The van der Waals surface area contributed by atoms with Gasteiger partial charge in [0.2, 0.25) is 0 Å². The first-order valence-electron chi connectivity index (χ1n) is 28.9. The topological polar surface area (TPSA) is 175 Å². The summed E-state index contributed by atoms with van der Waals surface area (Å²) >= 11 is 0. The van der Waals surface area contributed by atoms with Crippen LogP contribution >= 0.6 is 0 Å². The van der Waals surface area contributed by atoms with E-state index in [1.165, 1.54) is 38.5 Å². The Hall–Kier alpha value is -3.84. The minimum Gasteiger partial charge on any atom is -0.479 e. The molecule has 1 aliphatic heterocycles. The number of carbonyl (C=O) groups excluding carboxylic acids is 3. The summed E-state index contributed by atoms with van der Waals surface area (Å²) in [6.07, 6.45) is 48.7. The monoisotopic (exact) mass is 1030 g/mol. The summed E-state index contributed by atoms with van der Waals surface area (Å²) in [6, 6.07) is 0. The van der Waals surface area contributed by atoms with Crippen LogP contribution in [0, 0.1) is 0 Å². The quantitative estimate of drug-likeness (QED) is 0.0228. The van der Waals surface area contributed by atoms with Crippen molar-refractivity contribution in [2.75, 3.05) is 13.2 Å². The highest BCUT2D eigenvalue weighted by atomic mass is 16.7. The maximum absolute atomic E-state index is 13.1. The molecule has 0 aromatic heterocycles. The van der Waals surface area contributed by atoms with Crippen LogP contribution < -0.4 is 0 Å². The molecule has 3 N–H and O–H groups in total. The number of allylic oxidation sites excluding steroid dienone is 12. The highest BCUT2D eigenvalue weighted by molar-refractivity contribution is 5.74. The number of aliphatic hydroxyl groups excluding tert-OH is 2. The Morgan fingerprint density at radius 1 is 0.452 bits per heavy atom. The third-order valence-electron chi connectivity index (χ3n) is 12.7. The summed E-state index contributed by atoms with van der Waals surface area (Å²) in [6.45, 7) is 5.84. The molecule has 0 spiro atoms. The van der Waals surface area contributed by atoms with Crippen LogP contribution in [0.4, 0.5) is 0 Å². The molecule has 73 heavy (non-hydrogen) atoms. The van der Waals surface area contributed by atoms with E-state index in [4.69, 9.17) is 23.7 Å². The molecule has 0 amide bonds. The molecule has 12 heteroatoms. The predicted molar refractivity (Wildman–Crippen MR) is 294 cm³/mol. The fourth-order valence-corrected chi connectivity index (χ4v) is 8.23. The van der Waals surface area contributed by atoms with E-state index in [2.05, 4.69) is 93.7 Å². The molecule has 1 fully saturated rings. The van der Waals surface area contributed by atoms with Crippen molar-refractivity contribution in [2.45, 2.75) is 276 Å². The van der Waals surface area contributed by atoms with Crippen LogP contribution in [-0.2, 0) is 42.9 Å². The van der Waals surface area contributed by atoms with Crippen LogP contribution in [0.5, 0.6) is 0 Å². The van der Waals surface area contributed by atoms with E-state index in [1.807, 2.05) is 0 Å². The number of unbranched alkanes of at least 4 members (excludes halogenated alkanes) is 22. The van der Waals surface area contributed by atoms with Gasteiger partial charge in [0.25, 0.3) is 0 Å². The number of aliphatic hydroxyl groups is 2. The summed E-state index contributed by atoms with van der Waals surface area (Å²) in [5.41, 5.74) is 0. The van der Waals surface area contributed by atoms with Crippen molar-refractivity contribution in [3.8, 4) is 0 Å². The van der Waals surface area contributed by atoms with Gasteiger partial charge in [-0.3, -0.25) is 14.4 Å². The van der Waals surface area contributed by atoms with E-state index in [0.29, 0.717) is 19.3 Å². The van der Waals surface area contributed by atoms with Gasteiger partial charge in [-0.25, -0.2) is 4.79 Å². The average molecular weight is 1030 g/mol. The number of aliphatic carboxylic acids is 1. The third kappa shape index (κ3) is 39.3. The van der Waals surface area contributed by atoms with Crippen LogP contribution in [0.1, 0.15) is 239 Å². The lowest BCUT2D eigenvalue weighted by Crippen LogP contribution is -2.61. The Kier molecular flexibility index (Phi) is 45.1. The van der Waals surface area contributed by atoms with Crippen molar-refractivity contribution in [3.63, 3.8) is 0 Å². The molecule has 6 unspecified atom stereocenters. The summed E-state index contributed by atoms with van der Waals surface area (Å²) in [4.78, 5) is 51.0. The molecule has 1 heterocycles. The minimum atomic E-state index is -1.91. The van der Waals surface area contributed by atoms with Crippen LogP contribution in [0.15, 0.2) is 72.9 Å². The number of carboxylic acid groups (broad SMARTS) is 1. The maximum atomic E-state index is 13.1. The second-order valence-electron chi connectivity index (χ2n) is 19.6. The number of rotatable bonds is 48. The SMILES string of the molecule is CCC/C=C\C/C=C\CCCCCCCC(=O)OC1C(OCC(COC(=O)CCCCCCC/C=C\C/C=C\CCCCC)OC(=O)CCCCCCC/C=C\C/C=C\CCCCC)OC(C(=O)O)C(O)C1O. The fourth-order valence-electron chi connectivity index (χ4n) is 8.23. The summed E-state index contributed by atoms with van der Waals surface area (Å²) in [5, 5.41) is 31.4. The average Bonchev–Trinajstić information content (AvgIpc) is 3.37. The Balaban J connectivity index is 2.73. The summed E-state index contributed by atoms with van der Waals surface area (Å²) < 4.78 is 28.4. The van der Waals surface area contributed by atoms with Gasteiger partial charge in [0.1, 0.15) is 18.8 Å². The molecule has 1 saturated heterocycles. The lowest BCUT2D eigenvalue weighted by atomic mass is 9.98. The normalized spacial score (nSPS) is 18.8. The van der Waals surface area contributed by atoms with E-state index in [-0.39, 0.29) is 25.9 Å². The first kappa shape index (κ1) is 67.2. The molecule has 1 aliphatic rings. The van der Waals surface area contributed by atoms with E-state index >= 15 is 0 Å². The molecule has 6 atom stereocenters. The van der Waals surface area contributed by atoms with Crippen LogP contribution in [0.2, 0.25) is 0 Å². The smallest absolute Gasteiger partial charge is 0.335 e. The van der Waals surface area contributed by atoms with Crippen molar-refractivity contribution in [1.82, 2.24) is 0 Å². The van der Waals surface area contributed by atoms with Gasteiger partial charge < -0.3 is 39.0 Å². The standard InChI is InChI=1S/C61H102O12/c1-4-7-10-13-16-19-22-25-27-30-32-35-38-41-44-47-53(62)69-50-52(71-54(63)48-45-42-39-36-34-31-28-26-23-20-17-14-11-8-5-2)51-70-61-59(57(66)56(65)58(73-61)60(67)68)72-55(64)49-46-43-40-37-33-29-24-21-18-15-12-9-6-3/h12,15-17,19-21,24-28,52,56-59,61,65-66H,4-11,13-14,18,22-23,29-51H2,1-3H3,(H,67,68)/b15-12-,19-16-,20-17-,24-21-,27-25-,28-26-. The van der Waals surface area contributed by atoms with Gasteiger partial charge in [-0.2, -0.15) is 0 Å². The third-order valence-corrected chi connectivity index (χ3v) is 12.7. The lowest BCUT2D eigenvalue weighted by molar-refractivity contribution is -0.301. The highest BCUT2D eigenvalue weighted by Gasteiger charge is 2.50. The van der Waals surface area contributed by atoms with Crippen molar-refractivity contribution >= 4 is 23.9 Å². The molecular formula is C61H102O12. The Bertz CT molecular complexity index is 1550. The van der Waals surface area contributed by atoms with Crippen molar-refractivity contribution in [1.29, 1.82) is 0 Å². The first-order chi connectivity index (χ1) is 35.6. The maximum Gasteiger partial charge on any atom is 0.335 e. The fraction of sp³-hybridized carbons (Fsp3) is 0.738. The zero-order valence-electron chi connectivity index (χ0n) is 45.9. The number of hydrogen-bond donors (Lipinski definition) is 3. The molecule has 0 radical (unpaired) electrons. The van der Waals surface area contributed by atoms with Crippen LogP contribution in [-0.4, -0.2) is 89.2 Å². The molecule has 0 saturated carbocycles. The molecular weight excluding hydrogens is 925 g/mol. The molecule has 0 aromatic carbocycles. The van der Waals surface area contributed by atoms with Gasteiger partial charge in [-0.1, -0.05) is 184 Å². The molecule has 12 nitrogen and oxygen atoms in total. The molecule has 1 rings (SSSR count). The van der Waals surface area contributed by atoms with E-state index in [1.54, 1.807) is 0 Å². The number of ether oxygens (including phenoxy) is 5. The zero-order chi connectivity index (χ0) is 53.3. The Morgan fingerprint density at radius 2 is 0.849 bits per heavy atom. The summed E-state index contributed by atoms with van der Waals surface area (Å²) in [7, 11) is 0. The second-order valence-corrected chi connectivity index (χ2v) is 19.6. The zero-order valence-corrected chi connectivity index (χ0v) is 45.9. The number of carboxylic acids is 1. The largest absolute Gasteiger partial charge is 0.479 e. The van der Waals surface area contributed by atoms with Gasteiger partial charge in [-0.05, 0) is 109 Å². The number of esters is 3.